The van der Waals surface area contributed by atoms with Crippen molar-refractivity contribution < 1.29 is 8.42 Å². The average molecular weight is 316 g/mol. The van der Waals surface area contributed by atoms with Crippen molar-refractivity contribution in [3.05, 3.63) is 54.6 Å². The zero-order valence-corrected chi connectivity index (χ0v) is 13.2. The minimum atomic E-state index is -3.44. The van der Waals surface area contributed by atoms with Gasteiger partial charge >= 0.3 is 0 Å². The number of hydrogen-bond acceptors (Lipinski definition) is 3. The van der Waals surface area contributed by atoms with Crippen molar-refractivity contribution in [1.82, 2.24) is 4.31 Å². The third kappa shape index (κ3) is 3.06. The number of sulfonamides is 1. The summed E-state index contributed by atoms with van der Waals surface area (Å²) in [6, 6.07) is 16.9. The first kappa shape index (κ1) is 15.2. The molecular formula is C17H20N2O2S. The van der Waals surface area contributed by atoms with Crippen molar-refractivity contribution >= 4 is 10.0 Å². The van der Waals surface area contributed by atoms with Gasteiger partial charge in [-0.15, -0.1) is 0 Å². The van der Waals surface area contributed by atoms with Crippen LogP contribution in [-0.4, -0.2) is 31.9 Å². The SMILES string of the molecule is NC1CCCN(S(=O)(=O)c2ccc(-c3ccccc3)cc2)C1. The topological polar surface area (TPSA) is 63.4 Å². The van der Waals surface area contributed by atoms with Gasteiger partial charge in [0.05, 0.1) is 4.90 Å². The molecule has 1 atom stereocenters. The Labute approximate surface area is 131 Å². The van der Waals surface area contributed by atoms with Gasteiger partial charge in [0.15, 0.2) is 0 Å². The van der Waals surface area contributed by atoms with Crippen LogP contribution in [0, 0.1) is 0 Å². The van der Waals surface area contributed by atoms with E-state index in [0.29, 0.717) is 18.0 Å². The van der Waals surface area contributed by atoms with Gasteiger partial charge in [0.1, 0.15) is 0 Å². The maximum absolute atomic E-state index is 12.7. The Hall–Kier alpha value is -1.69. The number of rotatable bonds is 3. The van der Waals surface area contributed by atoms with E-state index in [2.05, 4.69) is 0 Å². The molecule has 0 aromatic heterocycles. The van der Waals surface area contributed by atoms with E-state index in [-0.39, 0.29) is 6.04 Å². The molecule has 1 unspecified atom stereocenters. The molecule has 1 fully saturated rings. The van der Waals surface area contributed by atoms with Crippen LogP contribution in [0.4, 0.5) is 0 Å². The summed E-state index contributed by atoms with van der Waals surface area (Å²) in [6.07, 6.45) is 1.71. The molecule has 2 N–H and O–H groups in total. The van der Waals surface area contributed by atoms with E-state index < -0.39 is 10.0 Å². The number of hydrogen-bond donors (Lipinski definition) is 1. The van der Waals surface area contributed by atoms with Crippen LogP contribution in [0.5, 0.6) is 0 Å². The van der Waals surface area contributed by atoms with E-state index in [1.807, 2.05) is 42.5 Å². The quantitative estimate of drug-likeness (QED) is 0.946. The molecule has 0 saturated carbocycles. The van der Waals surface area contributed by atoms with Gasteiger partial charge in [-0.25, -0.2) is 8.42 Å². The van der Waals surface area contributed by atoms with Crippen LogP contribution in [0.2, 0.25) is 0 Å². The Kier molecular flexibility index (Phi) is 4.29. The Morgan fingerprint density at radius 1 is 0.955 bits per heavy atom. The zero-order chi connectivity index (χ0) is 15.6. The Morgan fingerprint density at radius 2 is 1.59 bits per heavy atom. The van der Waals surface area contributed by atoms with Crippen LogP contribution >= 0.6 is 0 Å². The van der Waals surface area contributed by atoms with Gasteiger partial charge in [-0.2, -0.15) is 4.31 Å². The fraction of sp³-hybridized carbons (Fsp3) is 0.294. The fourth-order valence-corrected chi connectivity index (χ4v) is 4.33. The third-order valence-corrected chi connectivity index (χ3v) is 5.90. The smallest absolute Gasteiger partial charge is 0.243 e. The largest absolute Gasteiger partial charge is 0.327 e. The molecule has 0 spiro atoms. The second-order valence-corrected chi connectivity index (χ2v) is 7.59. The molecule has 2 aromatic carbocycles. The normalized spacial score (nSPS) is 20.0. The molecule has 4 nitrogen and oxygen atoms in total. The summed E-state index contributed by atoms with van der Waals surface area (Å²) >= 11 is 0. The lowest BCUT2D eigenvalue weighted by molar-refractivity contribution is 0.316. The van der Waals surface area contributed by atoms with Crippen LogP contribution < -0.4 is 5.73 Å². The van der Waals surface area contributed by atoms with Gasteiger partial charge in [0.25, 0.3) is 0 Å². The lowest BCUT2D eigenvalue weighted by Gasteiger charge is -2.29. The number of benzene rings is 2. The fourth-order valence-electron chi connectivity index (χ4n) is 2.79. The van der Waals surface area contributed by atoms with E-state index in [1.165, 1.54) is 4.31 Å². The molecule has 2 aromatic rings. The summed E-state index contributed by atoms with van der Waals surface area (Å²) in [7, 11) is -3.44. The minimum Gasteiger partial charge on any atom is -0.327 e. The van der Waals surface area contributed by atoms with Crippen LogP contribution in [-0.2, 0) is 10.0 Å². The monoisotopic (exact) mass is 316 g/mol. The van der Waals surface area contributed by atoms with Gasteiger partial charge in [-0.1, -0.05) is 42.5 Å². The summed E-state index contributed by atoms with van der Waals surface area (Å²) in [4.78, 5) is 0.335. The predicted octanol–water partition coefficient (Wildman–Crippen LogP) is 2.47. The molecule has 0 radical (unpaired) electrons. The van der Waals surface area contributed by atoms with Crippen LogP contribution in [0.25, 0.3) is 11.1 Å². The molecule has 1 aliphatic rings. The second kappa shape index (κ2) is 6.20. The molecule has 1 aliphatic heterocycles. The predicted molar refractivity (Wildman–Crippen MR) is 87.8 cm³/mol. The molecule has 22 heavy (non-hydrogen) atoms. The van der Waals surface area contributed by atoms with Crippen molar-refractivity contribution in [2.24, 2.45) is 5.73 Å². The van der Waals surface area contributed by atoms with Crippen molar-refractivity contribution in [2.75, 3.05) is 13.1 Å². The molecule has 0 aliphatic carbocycles. The Bertz CT molecular complexity index is 727. The molecule has 0 bridgehead atoms. The van der Waals surface area contributed by atoms with E-state index in [0.717, 1.165) is 24.0 Å². The van der Waals surface area contributed by atoms with Gasteiger partial charge < -0.3 is 5.73 Å². The summed E-state index contributed by atoms with van der Waals surface area (Å²) in [5.41, 5.74) is 7.98. The molecular weight excluding hydrogens is 296 g/mol. The molecule has 1 saturated heterocycles. The Morgan fingerprint density at radius 3 is 2.23 bits per heavy atom. The van der Waals surface area contributed by atoms with Crippen LogP contribution in [0.1, 0.15) is 12.8 Å². The van der Waals surface area contributed by atoms with Crippen LogP contribution in [0.15, 0.2) is 59.5 Å². The summed E-state index contributed by atoms with van der Waals surface area (Å²) in [6.45, 7) is 0.958. The first-order chi connectivity index (χ1) is 10.6. The highest BCUT2D eigenvalue weighted by atomic mass is 32.2. The first-order valence-electron chi connectivity index (χ1n) is 7.48. The molecule has 5 heteroatoms. The molecule has 1 heterocycles. The zero-order valence-electron chi connectivity index (χ0n) is 12.4. The van der Waals surface area contributed by atoms with Gasteiger partial charge in [-0.05, 0) is 36.1 Å². The Balaban J connectivity index is 1.86. The highest BCUT2D eigenvalue weighted by Crippen LogP contribution is 2.24. The molecule has 3 rings (SSSR count). The summed E-state index contributed by atoms with van der Waals surface area (Å²) < 4.78 is 26.8. The van der Waals surface area contributed by atoms with Crippen LogP contribution in [0.3, 0.4) is 0 Å². The maximum Gasteiger partial charge on any atom is 0.243 e. The summed E-state index contributed by atoms with van der Waals surface area (Å²) in [5, 5.41) is 0. The van der Waals surface area contributed by atoms with E-state index in [9.17, 15) is 8.42 Å². The van der Waals surface area contributed by atoms with Crippen molar-refractivity contribution in [3.63, 3.8) is 0 Å². The highest BCUT2D eigenvalue weighted by Gasteiger charge is 2.28. The third-order valence-electron chi connectivity index (χ3n) is 4.02. The van der Waals surface area contributed by atoms with Crippen molar-refractivity contribution in [1.29, 1.82) is 0 Å². The number of piperidine rings is 1. The standard InChI is InChI=1S/C17H20N2O2S/c18-16-7-4-12-19(13-16)22(20,21)17-10-8-15(9-11-17)14-5-2-1-3-6-14/h1-3,5-6,8-11,16H,4,7,12-13,18H2. The lowest BCUT2D eigenvalue weighted by Crippen LogP contribution is -2.45. The lowest BCUT2D eigenvalue weighted by atomic mass is 10.1. The van der Waals surface area contributed by atoms with Gasteiger partial charge in [0.2, 0.25) is 10.0 Å². The molecule has 116 valence electrons. The minimum absolute atomic E-state index is 0.0629. The number of nitrogens with two attached hydrogens (primary N) is 1. The van der Waals surface area contributed by atoms with E-state index >= 15 is 0 Å². The molecule has 0 amide bonds. The summed E-state index contributed by atoms with van der Waals surface area (Å²) in [5.74, 6) is 0. The van der Waals surface area contributed by atoms with Gasteiger partial charge in [0, 0.05) is 19.1 Å². The van der Waals surface area contributed by atoms with E-state index in [1.54, 1.807) is 12.1 Å². The van der Waals surface area contributed by atoms with Gasteiger partial charge in [-0.3, -0.25) is 0 Å². The first-order valence-corrected chi connectivity index (χ1v) is 8.92. The second-order valence-electron chi connectivity index (χ2n) is 5.66. The highest BCUT2D eigenvalue weighted by molar-refractivity contribution is 7.89. The van der Waals surface area contributed by atoms with Crippen molar-refractivity contribution in [2.45, 2.75) is 23.8 Å². The van der Waals surface area contributed by atoms with E-state index in [4.69, 9.17) is 5.73 Å². The van der Waals surface area contributed by atoms with Crippen molar-refractivity contribution in [3.8, 4) is 11.1 Å². The average Bonchev–Trinajstić information content (AvgIpc) is 2.56. The number of nitrogens with zero attached hydrogens (tertiary/aromatic N) is 1. The maximum atomic E-state index is 12.7.